The summed E-state index contributed by atoms with van der Waals surface area (Å²) in [4.78, 5) is 11.6. The van der Waals surface area contributed by atoms with Crippen LogP contribution >= 0.6 is 23.2 Å². The highest BCUT2D eigenvalue weighted by atomic mass is 35.5. The minimum atomic E-state index is -0.216. The van der Waals surface area contributed by atoms with Crippen LogP contribution in [-0.2, 0) is 6.42 Å². The molecule has 0 saturated heterocycles. The van der Waals surface area contributed by atoms with Crippen LogP contribution in [0, 0.1) is 0 Å². The first kappa shape index (κ1) is 17.4. The van der Waals surface area contributed by atoms with E-state index in [9.17, 15) is 4.79 Å². The van der Waals surface area contributed by atoms with E-state index in [1.807, 2.05) is 24.3 Å². The van der Waals surface area contributed by atoms with Crippen LogP contribution in [0.4, 0.5) is 4.79 Å². The number of urea groups is 1. The van der Waals surface area contributed by atoms with E-state index in [4.69, 9.17) is 27.9 Å². The van der Waals surface area contributed by atoms with E-state index < -0.39 is 0 Å². The highest BCUT2D eigenvalue weighted by molar-refractivity contribution is 6.30. The average molecular weight is 353 g/mol. The Morgan fingerprint density at radius 1 is 0.957 bits per heavy atom. The molecule has 6 heteroatoms. The molecule has 2 rings (SSSR count). The molecule has 0 aliphatic carbocycles. The Labute approximate surface area is 145 Å². The van der Waals surface area contributed by atoms with E-state index in [0.29, 0.717) is 29.7 Å². The third kappa shape index (κ3) is 6.80. The van der Waals surface area contributed by atoms with Crippen LogP contribution in [0.15, 0.2) is 48.5 Å². The summed E-state index contributed by atoms with van der Waals surface area (Å²) in [7, 11) is 0. The normalized spacial score (nSPS) is 10.2. The zero-order valence-electron chi connectivity index (χ0n) is 12.5. The molecule has 0 bridgehead atoms. The van der Waals surface area contributed by atoms with Gasteiger partial charge >= 0.3 is 6.03 Å². The zero-order chi connectivity index (χ0) is 16.5. The molecule has 0 spiro atoms. The number of halogens is 2. The van der Waals surface area contributed by atoms with Crippen molar-refractivity contribution in [1.29, 1.82) is 0 Å². The van der Waals surface area contributed by atoms with Crippen LogP contribution in [0.5, 0.6) is 5.75 Å². The fourth-order valence-electron chi connectivity index (χ4n) is 1.94. The summed E-state index contributed by atoms with van der Waals surface area (Å²) >= 11 is 11.7. The van der Waals surface area contributed by atoms with Gasteiger partial charge in [-0.2, -0.15) is 0 Å². The number of ether oxygens (including phenoxy) is 1. The SMILES string of the molecule is O=C(NCCOc1ccc(Cl)cc1)NCCc1cccc(Cl)c1. The molecule has 23 heavy (non-hydrogen) atoms. The molecule has 0 unspecified atom stereocenters. The van der Waals surface area contributed by atoms with Crippen molar-refractivity contribution in [3.8, 4) is 5.75 Å². The molecule has 2 amide bonds. The summed E-state index contributed by atoms with van der Waals surface area (Å²) in [5.41, 5.74) is 1.09. The number of hydrogen-bond donors (Lipinski definition) is 2. The van der Waals surface area contributed by atoms with E-state index >= 15 is 0 Å². The van der Waals surface area contributed by atoms with Crippen molar-refractivity contribution >= 4 is 29.2 Å². The Morgan fingerprint density at radius 2 is 1.70 bits per heavy atom. The summed E-state index contributed by atoms with van der Waals surface area (Å²) in [5, 5.41) is 6.89. The Kier molecular flexibility index (Phi) is 7.04. The Balaban J connectivity index is 1.57. The number of benzene rings is 2. The molecule has 0 aliphatic heterocycles. The van der Waals surface area contributed by atoms with Gasteiger partial charge < -0.3 is 15.4 Å². The highest BCUT2D eigenvalue weighted by Crippen LogP contribution is 2.15. The van der Waals surface area contributed by atoms with Gasteiger partial charge in [0.2, 0.25) is 0 Å². The zero-order valence-corrected chi connectivity index (χ0v) is 14.0. The Morgan fingerprint density at radius 3 is 2.43 bits per heavy atom. The molecular formula is C17H18Cl2N2O2. The third-order valence-electron chi connectivity index (χ3n) is 3.06. The minimum Gasteiger partial charge on any atom is -0.492 e. The van der Waals surface area contributed by atoms with Crippen molar-refractivity contribution in [2.45, 2.75) is 6.42 Å². The molecule has 4 nitrogen and oxygen atoms in total. The Hall–Kier alpha value is -1.91. The van der Waals surface area contributed by atoms with E-state index in [1.165, 1.54) is 0 Å². The minimum absolute atomic E-state index is 0.216. The van der Waals surface area contributed by atoms with E-state index in [2.05, 4.69) is 10.6 Å². The van der Waals surface area contributed by atoms with Crippen LogP contribution in [-0.4, -0.2) is 25.7 Å². The number of amides is 2. The largest absolute Gasteiger partial charge is 0.492 e. The smallest absolute Gasteiger partial charge is 0.314 e. The fourth-order valence-corrected chi connectivity index (χ4v) is 2.28. The molecule has 0 heterocycles. The first-order valence-corrected chi connectivity index (χ1v) is 8.03. The van der Waals surface area contributed by atoms with E-state index in [-0.39, 0.29) is 6.03 Å². The molecule has 0 aliphatic rings. The van der Waals surface area contributed by atoms with Crippen molar-refractivity contribution in [1.82, 2.24) is 10.6 Å². The number of carbonyl (C=O) groups is 1. The third-order valence-corrected chi connectivity index (χ3v) is 3.55. The topological polar surface area (TPSA) is 50.4 Å². The number of carbonyl (C=O) groups excluding carboxylic acids is 1. The second kappa shape index (κ2) is 9.28. The van der Waals surface area contributed by atoms with Gasteiger partial charge in [-0.25, -0.2) is 4.79 Å². The molecule has 0 aromatic heterocycles. The van der Waals surface area contributed by atoms with Crippen LogP contribution in [0.2, 0.25) is 10.0 Å². The van der Waals surface area contributed by atoms with Gasteiger partial charge in [0.25, 0.3) is 0 Å². The summed E-state index contributed by atoms with van der Waals surface area (Å²) in [6.45, 7) is 1.36. The summed E-state index contributed by atoms with van der Waals surface area (Å²) in [5.74, 6) is 0.720. The van der Waals surface area contributed by atoms with Gasteiger partial charge in [-0.05, 0) is 48.4 Å². The molecule has 0 atom stereocenters. The fraction of sp³-hybridized carbons (Fsp3) is 0.235. The maximum absolute atomic E-state index is 11.6. The number of hydrogen-bond acceptors (Lipinski definition) is 2. The first-order chi connectivity index (χ1) is 11.1. The predicted molar refractivity (Wildman–Crippen MR) is 93.5 cm³/mol. The molecule has 0 saturated carbocycles. The van der Waals surface area contributed by atoms with Gasteiger partial charge in [0, 0.05) is 16.6 Å². The molecule has 2 N–H and O–H groups in total. The predicted octanol–water partition coefficient (Wildman–Crippen LogP) is 3.91. The monoisotopic (exact) mass is 352 g/mol. The van der Waals surface area contributed by atoms with Gasteiger partial charge in [-0.1, -0.05) is 35.3 Å². The molecule has 122 valence electrons. The maximum atomic E-state index is 11.6. The van der Waals surface area contributed by atoms with Crippen LogP contribution in [0.3, 0.4) is 0 Å². The lowest BCUT2D eigenvalue weighted by Crippen LogP contribution is -2.38. The summed E-state index contributed by atoms with van der Waals surface area (Å²) in [6.07, 6.45) is 0.731. The average Bonchev–Trinajstić information content (AvgIpc) is 2.53. The number of rotatable bonds is 7. The van der Waals surface area contributed by atoms with Crippen molar-refractivity contribution in [3.63, 3.8) is 0 Å². The molecule has 0 radical (unpaired) electrons. The van der Waals surface area contributed by atoms with Gasteiger partial charge in [0.1, 0.15) is 12.4 Å². The van der Waals surface area contributed by atoms with Gasteiger partial charge in [0.05, 0.1) is 6.54 Å². The second-order valence-corrected chi connectivity index (χ2v) is 5.74. The molecule has 2 aromatic carbocycles. The lowest BCUT2D eigenvalue weighted by Gasteiger charge is -2.09. The lowest BCUT2D eigenvalue weighted by molar-refractivity contribution is 0.236. The van der Waals surface area contributed by atoms with Crippen molar-refractivity contribution in [2.75, 3.05) is 19.7 Å². The van der Waals surface area contributed by atoms with Crippen molar-refractivity contribution in [2.24, 2.45) is 0 Å². The van der Waals surface area contributed by atoms with Gasteiger partial charge in [-0.3, -0.25) is 0 Å². The highest BCUT2D eigenvalue weighted by Gasteiger charge is 2.00. The lowest BCUT2D eigenvalue weighted by atomic mass is 10.1. The molecular weight excluding hydrogens is 335 g/mol. The maximum Gasteiger partial charge on any atom is 0.314 e. The van der Waals surface area contributed by atoms with Gasteiger partial charge in [-0.15, -0.1) is 0 Å². The quantitative estimate of drug-likeness (QED) is 0.742. The first-order valence-electron chi connectivity index (χ1n) is 7.28. The van der Waals surface area contributed by atoms with Crippen LogP contribution < -0.4 is 15.4 Å². The van der Waals surface area contributed by atoms with Gasteiger partial charge in [0.15, 0.2) is 0 Å². The van der Waals surface area contributed by atoms with E-state index in [0.717, 1.165) is 17.7 Å². The Bertz CT molecular complexity index is 633. The second-order valence-electron chi connectivity index (χ2n) is 4.86. The van der Waals surface area contributed by atoms with E-state index in [1.54, 1.807) is 24.3 Å². The van der Waals surface area contributed by atoms with Crippen LogP contribution in [0.1, 0.15) is 5.56 Å². The summed E-state index contributed by atoms with van der Waals surface area (Å²) in [6, 6.07) is 14.5. The van der Waals surface area contributed by atoms with Crippen molar-refractivity contribution in [3.05, 3.63) is 64.1 Å². The molecule has 0 fully saturated rings. The molecule has 2 aromatic rings. The standard InChI is InChI=1S/C17H18Cl2N2O2/c18-14-4-6-16(7-5-14)23-11-10-21-17(22)20-9-8-13-2-1-3-15(19)12-13/h1-7,12H,8-11H2,(H2,20,21,22). The van der Waals surface area contributed by atoms with Crippen molar-refractivity contribution < 1.29 is 9.53 Å². The number of nitrogens with one attached hydrogen (secondary N) is 2. The van der Waals surface area contributed by atoms with Crippen LogP contribution in [0.25, 0.3) is 0 Å². The summed E-state index contributed by atoms with van der Waals surface area (Å²) < 4.78 is 5.48.